The number of hydrogen-bond acceptors (Lipinski definition) is 4. The van der Waals surface area contributed by atoms with Gasteiger partial charge in [0, 0.05) is 24.5 Å². The van der Waals surface area contributed by atoms with Crippen LogP contribution in [0.15, 0.2) is 24.3 Å². The summed E-state index contributed by atoms with van der Waals surface area (Å²) < 4.78 is 31.6. The summed E-state index contributed by atoms with van der Waals surface area (Å²) in [6, 6.07) is 8.16. The molecule has 1 aliphatic rings. The molecular weight excluding hydrogens is 238 g/mol. The molecule has 0 atom stereocenters. The molecule has 5 heteroatoms. The van der Waals surface area contributed by atoms with Crippen molar-refractivity contribution in [2.75, 3.05) is 23.7 Å². The highest BCUT2D eigenvalue weighted by Gasteiger charge is 2.15. The predicted octanol–water partition coefficient (Wildman–Crippen LogP) is 1.37. The van der Waals surface area contributed by atoms with E-state index in [2.05, 4.69) is 17.0 Å². The number of rotatable bonds is 4. The highest BCUT2D eigenvalue weighted by Crippen LogP contribution is 2.26. The van der Waals surface area contributed by atoms with Gasteiger partial charge < -0.3 is 9.45 Å². The van der Waals surface area contributed by atoms with Gasteiger partial charge in [-0.2, -0.15) is 0 Å². The van der Waals surface area contributed by atoms with E-state index in [1.807, 2.05) is 12.1 Å². The van der Waals surface area contributed by atoms with Crippen LogP contribution >= 0.6 is 0 Å². The molecule has 1 aromatic rings. The van der Waals surface area contributed by atoms with Gasteiger partial charge in [-0.25, -0.2) is 8.42 Å². The summed E-state index contributed by atoms with van der Waals surface area (Å²) in [4.78, 5) is 2.17. The average Bonchev–Trinajstić information content (AvgIpc) is 2.28. The quantitative estimate of drug-likeness (QED) is 0.761. The molecule has 1 heterocycles. The molecule has 0 spiro atoms. The van der Waals surface area contributed by atoms with Crippen LogP contribution in [0.5, 0.6) is 0 Å². The fourth-order valence-corrected chi connectivity index (χ4v) is 2.76. The Morgan fingerprint density at radius 1 is 1.29 bits per heavy atom. The van der Waals surface area contributed by atoms with E-state index in [1.54, 1.807) is 0 Å². The van der Waals surface area contributed by atoms with Crippen molar-refractivity contribution in [2.45, 2.75) is 19.3 Å². The highest BCUT2D eigenvalue weighted by molar-refractivity contribution is 7.85. The van der Waals surface area contributed by atoms with Gasteiger partial charge >= 0.3 is 0 Å². The molecule has 0 fully saturated rings. The molecule has 0 saturated carbocycles. The van der Waals surface area contributed by atoms with E-state index in [0.29, 0.717) is 13.0 Å². The topological polar surface area (TPSA) is 60.4 Å². The molecule has 4 nitrogen and oxygen atoms in total. The monoisotopic (exact) mass is 254 g/mol. The molecule has 0 N–H and O–H groups in total. The standard InChI is InChI=1S/C12H17NO3S/c14-17(15,16)10-4-9-13-8-3-6-11-5-1-2-7-12(11)13/h1-2,5,7H,3-4,6,8-10H2,(H,14,15,16)/p-1. The summed E-state index contributed by atoms with van der Waals surface area (Å²) in [7, 11) is -4.08. The Labute approximate surface area is 102 Å². The maximum absolute atomic E-state index is 10.5. The molecule has 1 aromatic carbocycles. The number of aryl methyl sites for hydroxylation is 1. The lowest BCUT2D eigenvalue weighted by atomic mass is 10.0. The lowest BCUT2D eigenvalue weighted by Gasteiger charge is -2.31. The van der Waals surface area contributed by atoms with Gasteiger partial charge in [0.1, 0.15) is 0 Å². The van der Waals surface area contributed by atoms with E-state index >= 15 is 0 Å². The second-order valence-corrected chi connectivity index (χ2v) is 5.86. The van der Waals surface area contributed by atoms with Crippen LogP contribution in [0.1, 0.15) is 18.4 Å². The van der Waals surface area contributed by atoms with Crippen molar-refractivity contribution in [1.82, 2.24) is 0 Å². The van der Waals surface area contributed by atoms with Crippen LogP contribution in [-0.4, -0.2) is 31.8 Å². The van der Waals surface area contributed by atoms with Gasteiger partial charge in [-0.1, -0.05) is 18.2 Å². The number of nitrogens with zero attached hydrogens (tertiary/aromatic N) is 1. The Morgan fingerprint density at radius 3 is 2.82 bits per heavy atom. The molecule has 17 heavy (non-hydrogen) atoms. The number of para-hydroxylation sites is 1. The zero-order chi connectivity index (χ0) is 12.3. The molecule has 0 saturated heterocycles. The average molecular weight is 254 g/mol. The number of benzene rings is 1. The summed E-state index contributed by atoms with van der Waals surface area (Å²) in [5, 5.41) is 0. The third-order valence-electron chi connectivity index (χ3n) is 3.03. The molecule has 0 bridgehead atoms. The van der Waals surface area contributed by atoms with Crippen molar-refractivity contribution in [1.29, 1.82) is 0 Å². The first-order valence-corrected chi connectivity index (χ1v) is 7.40. The summed E-state index contributed by atoms with van der Waals surface area (Å²) in [5.74, 6) is -0.272. The van der Waals surface area contributed by atoms with Crippen LogP contribution in [-0.2, 0) is 16.5 Å². The zero-order valence-electron chi connectivity index (χ0n) is 9.63. The van der Waals surface area contributed by atoms with Crippen molar-refractivity contribution in [3.8, 4) is 0 Å². The third-order valence-corrected chi connectivity index (χ3v) is 3.82. The zero-order valence-corrected chi connectivity index (χ0v) is 10.4. The fraction of sp³-hybridized carbons (Fsp3) is 0.500. The van der Waals surface area contributed by atoms with Crippen molar-refractivity contribution in [3.05, 3.63) is 29.8 Å². The van der Waals surface area contributed by atoms with Crippen LogP contribution in [0.25, 0.3) is 0 Å². The second-order valence-electron chi connectivity index (χ2n) is 4.33. The van der Waals surface area contributed by atoms with Gasteiger partial charge in [-0.15, -0.1) is 0 Å². The van der Waals surface area contributed by atoms with E-state index in [1.165, 1.54) is 11.3 Å². The highest BCUT2D eigenvalue weighted by atomic mass is 32.2. The van der Waals surface area contributed by atoms with Crippen LogP contribution in [0.4, 0.5) is 5.69 Å². The first-order valence-electron chi connectivity index (χ1n) is 5.83. The van der Waals surface area contributed by atoms with Crippen molar-refractivity contribution in [2.24, 2.45) is 0 Å². The summed E-state index contributed by atoms with van der Waals surface area (Å²) in [6.07, 6.45) is 2.56. The predicted molar refractivity (Wildman–Crippen MR) is 66.2 cm³/mol. The van der Waals surface area contributed by atoms with E-state index in [-0.39, 0.29) is 5.75 Å². The van der Waals surface area contributed by atoms with Gasteiger partial charge in [0.2, 0.25) is 0 Å². The van der Waals surface area contributed by atoms with Gasteiger partial charge in [0.25, 0.3) is 0 Å². The normalized spacial score (nSPS) is 15.7. The van der Waals surface area contributed by atoms with Gasteiger partial charge in [0.15, 0.2) is 0 Å². The lowest BCUT2D eigenvalue weighted by Crippen LogP contribution is -2.31. The molecule has 1 aliphatic heterocycles. The summed E-state index contributed by atoms with van der Waals surface area (Å²) in [6.45, 7) is 1.58. The molecule has 2 rings (SSSR count). The number of anilines is 1. The first-order chi connectivity index (χ1) is 8.06. The van der Waals surface area contributed by atoms with E-state index in [4.69, 9.17) is 0 Å². The van der Waals surface area contributed by atoms with Gasteiger partial charge in [0.05, 0.1) is 10.1 Å². The largest absolute Gasteiger partial charge is 0.748 e. The molecule has 0 amide bonds. The summed E-state index contributed by atoms with van der Waals surface area (Å²) in [5.41, 5.74) is 2.49. The van der Waals surface area contributed by atoms with Crippen LogP contribution in [0.3, 0.4) is 0 Å². The van der Waals surface area contributed by atoms with Crippen molar-refractivity contribution < 1.29 is 13.0 Å². The number of hydrogen-bond donors (Lipinski definition) is 0. The maximum Gasteiger partial charge on any atom is 0.0946 e. The van der Waals surface area contributed by atoms with Crippen molar-refractivity contribution in [3.63, 3.8) is 0 Å². The Kier molecular flexibility index (Phi) is 3.69. The van der Waals surface area contributed by atoms with Gasteiger partial charge in [-0.05, 0) is 30.9 Å². The molecule has 0 radical (unpaired) electrons. The Bertz CT molecular complexity index is 484. The number of fused-ring (bicyclic) bond motifs is 1. The summed E-state index contributed by atoms with van der Waals surface area (Å²) >= 11 is 0. The molecule has 0 aromatic heterocycles. The van der Waals surface area contributed by atoms with E-state index in [0.717, 1.165) is 19.4 Å². The maximum atomic E-state index is 10.5. The van der Waals surface area contributed by atoms with E-state index < -0.39 is 10.1 Å². The Morgan fingerprint density at radius 2 is 2.06 bits per heavy atom. The third kappa shape index (κ3) is 3.44. The van der Waals surface area contributed by atoms with Crippen LogP contribution < -0.4 is 4.90 Å². The van der Waals surface area contributed by atoms with E-state index in [9.17, 15) is 13.0 Å². The minimum absolute atomic E-state index is 0.272. The molecule has 0 aliphatic carbocycles. The Balaban J connectivity index is 1.99. The minimum Gasteiger partial charge on any atom is -0.748 e. The smallest absolute Gasteiger partial charge is 0.0946 e. The van der Waals surface area contributed by atoms with Gasteiger partial charge in [-0.3, -0.25) is 0 Å². The fourth-order valence-electron chi connectivity index (χ4n) is 2.28. The minimum atomic E-state index is -4.08. The Hall–Kier alpha value is -1.07. The second kappa shape index (κ2) is 5.06. The van der Waals surface area contributed by atoms with Crippen LogP contribution in [0, 0.1) is 0 Å². The SMILES string of the molecule is O=S(=O)([O-])CCCN1CCCc2ccccc21. The van der Waals surface area contributed by atoms with Crippen LogP contribution in [0.2, 0.25) is 0 Å². The molecule has 0 unspecified atom stereocenters. The molecular formula is C12H16NO3S-. The lowest BCUT2D eigenvalue weighted by molar-refractivity contribution is 0.461. The first kappa shape index (κ1) is 12.4. The molecule has 94 valence electrons. The van der Waals surface area contributed by atoms with Crippen molar-refractivity contribution >= 4 is 15.8 Å².